The second-order valence-electron chi connectivity index (χ2n) is 6.77. The Morgan fingerprint density at radius 2 is 1.92 bits per heavy atom. The minimum absolute atomic E-state index is 0.105. The Bertz CT molecular complexity index is 893. The molecule has 3 aromatic rings. The van der Waals surface area contributed by atoms with Crippen molar-refractivity contribution in [1.29, 1.82) is 0 Å². The molecule has 0 aliphatic heterocycles. The van der Waals surface area contributed by atoms with E-state index in [9.17, 15) is 10.2 Å². The standard InChI is InChI=1S/C19H20ClN3O2/c1-11-15-6-7-23(19(15)22-10-21-11)14-8-16(17(24)9-14)18(25)12-2-4-13(20)5-3-12/h2-7,10,14,16-18,24-25H,8-9H2,1H3. The molecule has 25 heavy (non-hydrogen) atoms. The van der Waals surface area contributed by atoms with Gasteiger partial charge in [0.05, 0.1) is 17.9 Å². The van der Waals surface area contributed by atoms with Crippen LogP contribution in [0.15, 0.2) is 42.9 Å². The average Bonchev–Trinajstić information content (AvgIpc) is 3.19. The van der Waals surface area contributed by atoms with E-state index in [0.717, 1.165) is 22.3 Å². The lowest BCUT2D eigenvalue weighted by Gasteiger charge is -2.21. The van der Waals surface area contributed by atoms with E-state index in [1.807, 2.05) is 31.3 Å². The van der Waals surface area contributed by atoms with Gasteiger partial charge in [0, 0.05) is 28.6 Å². The second-order valence-corrected chi connectivity index (χ2v) is 7.21. The number of aromatic nitrogens is 3. The van der Waals surface area contributed by atoms with Gasteiger partial charge in [0.15, 0.2) is 0 Å². The van der Waals surface area contributed by atoms with Crippen molar-refractivity contribution in [2.45, 2.75) is 38.0 Å². The highest BCUT2D eigenvalue weighted by atomic mass is 35.5. The van der Waals surface area contributed by atoms with Crippen molar-refractivity contribution in [2.75, 3.05) is 0 Å². The molecule has 1 aliphatic carbocycles. The van der Waals surface area contributed by atoms with E-state index >= 15 is 0 Å². The molecule has 4 rings (SSSR count). The third-order valence-electron chi connectivity index (χ3n) is 5.27. The molecule has 1 fully saturated rings. The molecule has 1 aromatic carbocycles. The van der Waals surface area contributed by atoms with Crippen LogP contribution in [0.25, 0.3) is 11.0 Å². The number of halogens is 1. The summed E-state index contributed by atoms with van der Waals surface area (Å²) < 4.78 is 2.10. The van der Waals surface area contributed by atoms with E-state index in [4.69, 9.17) is 11.6 Å². The quantitative estimate of drug-likeness (QED) is 0.753. The molecule has 1 saturated carbocycles. The zero-order chi connectivity index (χ0) is 17.6. The van der Waals surface area contributed by atoms with Gasteiger partial charge in [0.1, 0.15) is 12.0 Å². The normalized spacial score (nSPS) is 24.7. The minimum Gasteiger partial charge on any atom is -0.393 e. The van der Waals surface area contributed by atoms with Crippen LogP contribution in [0.2, 0.25) is 5.02 Å². The number of hydrogen-bond acceptors (Lipinski definition) is 4. The maximum atomic E-state index is 10.7. The number of aliphatic hydroxyl groups is 2. The van der Waals surface area contributed by atoms with Crippen LogP contribution in [0, 0.1) is 12.8 Å². The number of hydrogen-bond donors (Lipinski definition) is 2. The van der Waals surface area contributed by atoms with E-state index < -0.39 is 12.2 Å². The van der Waals surface area contributed by atoms with Gasteiger partial charge in [-0.3, -0.25) is 0 Å². The lowest BCUT2D eigenvalue weighted by molar-refractivity contribution is 0.0307. The highest BCUT2D eigenvalue weighted by Gasteiger charge is 2.39. The zero-order valence-electron chi connectivity index (χ0n) is 13.9. The molecule has 0 amide bonds. The summed E-state index contributed by atoms with van der Waals surface area (Å²) >= 11 is 5.92. The summed E-state index contributed by atoms with van der Waals surface area (Å²) in [5.41, 5.74) is 2.61. The van der Waals surface area contributed by atoms with Gasteiger partial charge in [0.2, 0.25) is 0 Å². The Balaban J connectivity index is 1.60. The topological polar surface area (TPSA) is 71.2 Å². The predicted octanol–water partition coefficient (Wildman–Crippen LogP) is 3.44. The number of benzene rings is 1. The van der Waals surface area contributed by atoms with Crippen LogP contribution in [-0.4, -0.2) is 30.9 Å². The number of fused-ring (bicyclic) bond motifs is 1. The first-order valence-electron chi connectivity index (χ1n) is 8.44. The van der Waals surface area contributed by atoms with Crippen molar-refractivity contribution < 1.29 is 10.2 Å². The average molecular weight is 358 g/mol. The molecule has 0 bridgehead atoms. The highest BCUT2D eigenvalue weighted by Crippen LogP contribution is 2.42. The SMILES string of the molecule is Cc1ncnc2c1ccn2C1CC(O)C(C(O)c2ccc(Cl)cc2)C1. The van der Waals surface area contributed by atoms with Crippen LogP contribution < -0.4 is 0 Å². The molecule has 1 aliphatic rings. The van der Waals surface area contributed by atoms with Gasteiger partial charge in [-0.1, -0.05) is 23.7 Å². The Morgan fingerprint density at radius 1 is 1.16 bits per heavy atom. The molecule has 6 heteroatoms. The first kappa shape index (κ1) is 16.5. The molecule has 130 valence electrons. The van der Waals surface area contributed by atoms with Gasteiger partial charge >= 0.3 is 0 Å². The first-order valence-corrected chi connectivity index (χ1v) is 8.82. The van der Waals surface area contributed by atoms with Crippen molar-refractivity contribution in [3.05, 3.63) is 59.1 Å². The Hall–Kier alpha value is -1.95. The van der Waals surface area contributed by atoms with Crippen LogP contribution in [0.1, 0.15) is 36.2 Å². The van der Waals surface area contributed by atoms with Gasteiger partial charge in [-0.05, 0) is 43.5 Å². The first-order chi connectivity index (χ1) is 12.0. The number of aliphatic hydroxyl groups excluding tert-OH is 2. The van der Waals surface area contributed by atoms with Crippen molar-refractivity contribution in [3.63, 3.8) is 0 Å². The van der Waals surface area contributed by atoms with Crippen molar-refractivity contribution in [2.24, 2.45) is 5.92 Å². The van der Waals surface area contributed by atoms with E-state index in [2.05, 4.69) is 14.5 Å². The minimum atomic E-state index is -0.713. The molecule has 2 aromatic heterocycles. The molecular weight excluding hydrogens is 338 g/mol. The van der Waals surface area contributed by atoms with Crippen molar-refractivity contribution >= 4 is 22.6 Å². The van der Waals surface area contributed by atoms with Crippen LogP contribution >= 0.6 is 11.6 Å². The molecule has 5 nitrogen and oxygen atoms in total. The maximum absolute atomic E-state index is 10.7. The summed E-state index contributed by atoms with van der Waals surface area (Å²) in [4.78, 5) is 8.63. The monoisotopic (exact) mass is 357 g/mol. The fourth-order valence-electron chi connectivity index (χ4n) is 3.89. The van der Waals surface area contributed by atoms with Gasteiger partial charge < -0.3 is 14.8 Å². The van der Waals surface area contributed by atoms with Gasteiger partial charge in [0.25, 0.3) is 0 Å². The summed E-state index contributed by atoms with van der Waals surface area (Å²) in [5, 5.41) is 22.9. The van der Waals surface area contributed by atoms with Gasteiger partial charge in [-0.2, -0.15) is 0 Å². The Labute approximate surface area is 150 Å². The van der Waals surface area contributed by atoms with Crippen LogP contribution in [0.5, 0.6) is 0 Å². The molecule has 2 heterocycles. The molecule has 0 saturated heterocycles. The highest BCUT2D eigenvalue weighted by molar-refractivity contribution is 6.30. The van der Waals surface area contributed by atoms with Crippen molar-refractivity contribution in [3.8, 4) is 0 Å². The third kappa shape index (κ3) is 2.92. The molecule has 0 radical (unpaired) electrons. The van der Waals surface area contributed by atoms with Crippen LogP contribution in [0.4, 0.5) is 0 Å². The molecule has 2 N–H and O–H groups in total. The summed E-state index contributed by atoms with van der Waals surface area (Å²) in [6.45, 7) is 1.96. The second kappa shape index (κ2) is 6.41. The Morgan fingerprint density at radius 3 is 2.68 bits per heavy atom. The van der Waals surface area contributed by atoms with Gasteiger partial charge in [-0.15, -0.1) is 0 Å². The molecule has 4 unspecified atom stereocenters. The lowest BCUT2D eigenvalue weighted by atomic mass is 9.92. The van der Waals surface area contributed by atoms with E-state index in [1.54, 1.807) is 18.5 Å². The zero-order valence-corrected chi connectivity index (χ0v) is 14.6. The lowest BCUT2D eigenvalue weighted by Crippen LogP contribution is -2.20. The number of rotatable bonds is 3. The summed E-state index contributed by atoms with van der Waals surface area (Å²) in [5.74, 6) is -0.216. The molecule has 4 atom stereocenters. The molecule has 0 spiro atoms. The third-order valence-corrected chi connectivity index (χ3v) is 5.52. The fraction of sp³-hybridized carbons (Fsp3) is 0.368. The van der Waals surface area contributed by atoms with Crippen LogP contribution in [-0.2, 0) is 0 Å². The fourth-order valence-corrected chi connectivity index (χ4v) is 4.01. The Kier molecular flexibility index (Phi) is 4.23. The molecular formula is C19H20ClN3O2. The number of aryl methyl sites for hydroxylation is 1. The smallest absolute Gasteiger partial charge is 0.143 e. The van der Waals surface area contributed by atoms with Crippen molar-refractivity contribution in [1.82, 2.24) is 14.5 Å². The van der Waals surface area contributed by atoms with E-state index in [0.29, 0.717) is 17.9 Å². The summed E-state index contributed by atoms with van der Waals surface area (Å²) in [6.07, 6.45) is 3.59. The van der Waals surface area contributed by atoms with Gasteiger partial charge in [-0.25, -0.2) is 9.97 Å². The predicted molar refractivity (Wildman–Crippen MR) is 96.4 cm³/mol. The maximum Gasteiger partial charge on any atom is 0.143 e. The van der Waals surface area contributed by atoms with E-state index in [-0.39, 0.29) is 12.0 Å². The largest absolute Gasteiger partial charge is 0.393 e. The summed E-state index contributed by atoms with van der Waals surface area (Å²) in [7, 11) is 0. The summed E-state index contributed by atoms with van der Waals surface area (Å²) in [6, 6.07) is 9.27. The van der Waals surface area contributed by atoms with Crippen LogP contribution in [0.3, 0.4) is 0 Å². The number of nitrogens with zero attached hydrogens (tertiary/aromatic N) is 3. The van der Waals surface area contributed by atoms with E-state index in [1.165, 1.54) is 0 Å².